The maximum Gasteiger partial charge on any atom is 0.341 e. The first-order valence-corrected chi connectivity index (χ1v) is 14.1. The summed E-state index contributed by atoms with van der Waals surface area (Å²) in [4.78, 5) is 43.6. The van der Waals surface area contributed by atoms with Crippen LogP contribution >= 0.6 is 34.4 Å². The second kappa shape index (κ2) is 11.3. The standard InChI is InChI=1S/C24H27N3O4S3/c1-3-31-23(30)21-15-9-5-4-6-11-17(15)33-22(21)25-19(28)13-32-14-20(29)26-24-27(2)16-10-7-8-12-18(16)34-24/h7-8,10,12H,3-6,9,11,13-14H2,1-2H3,(H,25,28). The number of ether oxygens (including phenoxy) is 1. The summed E-state index contributed by atoms with van der Waals surface area (Å²) in [5.74, 6) is -0.699. The number of carbonyl (C=O) groups excluding carboxylic acids is 3. The minimum atomic E-state index is -0.380. The molecule has 2 heterocycles. The van der Waals surface area contributed by atoms with Crippen LogP contribution in [0.15, 0.2) is 29.3 Å². The minimum Gasteiger partial charge on any atom is -0.462 e. The Bertz CT molecular complexity index is 1290. The van der Waals surface area contributed by atoms with Gasteiger partial charge in [0, 0.05) is 11.9 Å². The van der Waals surface area contributed by atoms with E-state index >= 15 is 0 Å². The van der Waals surface area contributed by atoms with Crippen molar-refractivity contribution in [2.24, 2.45) is 12.0 Å². The van der Waals surface area contributed by atoms with Crippen LogP contribution in [0, 0.1) is 0 Å². The molecular formula is C24H27N3O4S3. The van der Waals surface area contributed by atoms with Crippen molar-refractivity contribution in [2.45, 2.75) is 39.0 Å². The van der Waals surface area contributed by atoms with Crippen LogP contribution in [0.25, 0.3) is 10.2 Å². The zero-order chi connectivity index (χ0) is 24.1. The molecule has 0 bridgehead atoms. The van der Waals surface area contributed by atoms with Gasteiger partial charge in [0.2, 0.25) is 5.91 Å². The molecule has 1 aliphatic rings. The number of thiazole rings is 1. The number of amides is 2. The van der Waals surface area contributed by atoms with E-state index in [0.29, 0.717) is 15.4 Å². The van der Waals surface area contributed by atoms with E-state index in [9.17, 15) is 14.4 Å². The number of nitrogens with zero attached hydrogens (tertiary/aromatic N) is 2. The molecule has 0 saturated heterocycles. The number of esters is 1. The summed E-state index contributed by atoms with van der Waals surface area (Å²) in [5, 5.41) is 3.45. The van der Waals surface area contributed by atoms with Crippen LogP contribution in [-0.2, 0) is 34.2 Å². The molecule has 1 aliphatic carbocycles. The van der Waals surface area contributed by atoms with Crippen molar-refractivity contribution in [2.75, 3.05) is 23.4 Å². The molecule has 4 rings (SSSR count). The lowest BCUT2D eigenvalue weighted by molar-refractivity contribution is -0.115. The number of thioether (sulfide) groups is 1. The predicted molar refractivity (Wildman–Crippen MR) is 139 cm³/mol. The number of benzene rings is 1. The summed E-state index contributed by atoms with van der Waals surface area (Å²) < 4.78 is 8.23. The van der Waals surface area contributed by atoms with Crippen LogP contribution in [-0.4, -0.2) is 40.5 Å². The average molecular weight is 518 g/mol. The van der Waals surface area contributed by atoms with Crippen molar-refractivity contribution in [3.63, 3.8) is 0 Å². The monoisotopic (exact) mass is 517 g/mol. The van der Waals surface area contributed by atoms with E-state index in [1.807, 2.05) is 35.9 Å². The Morgan fingerprint density at radius 2 is 1.91 bits per heavy atom. The molecule has 1 aromatic carbocycles. The van der Waals surface area contributed by atoms with Gasteiger partial charge in [-0.3, -0.25) is 9.59 Å². The number of rotatable bonds is 7. The summed E-state index contributed by atoms with van der Waals surface area (Å²) in [7, 11) is 1.88. The van der Waals surface area contributed by atoms with Gasteiger partial charge in [0.1, 0.15) is 5.00 Å². The van der Waals surface area contributed by atoms with Crippen molar-refractivity contribution in [1.29, 1.82) is 0 Å². The Morgan fingerprint density at radius 1 is 1.12 bits per heavy atom. The Hall–Kier alpha value is -2.43. The third-order valence-corrected chi connectivity index (χ3v) is 8.79. The van der Waals surface area contributed by atoms with E-state index in [1.54, 1.807) is 6.92 Å². The summed E-state index contributed by atoms with van der Waals surface area (Å²) in [5.41, 5.74) is 2.55. The normalized spacial score (nSPS) is 14.0. The van der Waals surface area contributed by atoms with Crippen molar-refractivity contribution in [3.8, 4) is 0 Å². The number of aryl methyl sites for hydroxylation is 2. The average Bonchev–Trinajstić information content (AvgIpc) is 3.20. The fourth-order valence-corrected chi connectivity index (χ4v) is 6.90. The lowest BCUT2D eigenvalue weighted by atomic mass is 10.1. The maximum absolute atomic E-state index is 12.6. The molecule has 7 nitrogen and oxygen atoms in total. The molecule has 0 spiro atoms. The third kappa shape index (κ3) is 5.61. The van der Waals surface area contributed by atoms with E-state index in [4.69, 9.17) is 4.74 Å². The van der Waals surface area contributed by atoms with Gasteiger partial charge in [-0.05, 0) is 50.3 Å². The second-order valence-corrected chi connectivity index (χ2v) is 11.0. The van der Waals surface area contributed by atoms with Gasteiger partial charge in [0.15, 0.2) is 4.80 Å². The van der Waals surface area contributed by atoms with Crippen LogP contribution in [0.2, 0.25) is 0 Å². The molecule has 0 saturated carbocycles. The van der Waals surface area contributed by atoms with E-state index in [0.717, 1.165) is 52.8 Å². The van der Waals surface area contributed by atoms with Crippen LogP contribution in [0.1, 0.15) is 47.0 Å². The topological polar surface area (TPSA) is 89.8 Å². The maximum atomic E-state index is 12.6. The lowest BCUT2D eigenvalue weighted by Gasteiger charge is -2.08. The summed E-state index contributed by atoms with van der Waals surface area (Å²) >= 11 is 4.15. The number of aromatic nitrogens is 1. The predicted octanol–water partition coefficient (Wildman–Crippen LogP) is 4.55. The van der Waals surface area contributed by atoms with E-state index in [-0.39, 0.29) is 35.9 Å². The van der Waals surface area contributed by atoms with Gasteiger partial charge >= 0.3 is 5.97 Å². The highest BCUT2D eigenvalue weighted by Gasteiger charge is 2.26. The second-order valence-electron chi connectivity index (χ2n) is 7.95. The Balaban J connectivity index is 1.39. The first-order valence-electron chi connectivity index (χ1n) is 11.3. The number of thiophene rings is 1. The number of nitrogens with one attached hydrogen (secondary N) is 1. The number of hydrogen-bond donors (Lipinski definition) is 1. The molecule has 2 aromatic heterocycles. The highest BCUT2D eigenvalue weighted by atomic mass is 32.2. The lowest BCUT2D eigenvalue weighted by Crippen LogP contribution is -2.18. The Labute approximate surface area is 210 Å². The zero-order valence-corrected chi connectivity index (χ0v) is 21.7. The molecule has 0 atom stereocenters. The van der Waals surface area contributed by atoms with E-state index < -0.39 is 0 Å². The van der Waals surface area contributed by atoms with Gasteiger partial charge in [0.05, 0.1) is 33.9 Å². The third-order valence-electron chi connectivity index (χ3n) is 5.55. The summed E-state index contributed by atoms with van der Waals surface area (Å²) in [6, 6.07) is 7.90. The van der Waals surface area contributed by atoms with Crippen molar-refractivity contribution in [3.05, 3.63) is 45.1 Å². The van der Waals surface area contributed by atoms with Crippen LogP contribution in [0.5, 0.6) is 0 Å². The molecular weight excluding hydrogens is 490 g/mol. The smallest absolute Gasteiger partial charge is 0.341 e. The van der Waals surface area contributed by atoms with Gasteiger partial charge in [-0.1, -0.05) is 29.9 Å². The fraction of sp³-hybridized carbons (Fsp3) is 0.417. The van der Waals surface area contributed by atoms with Gasteiger partial charge < -0.3 is 14.6 Å². The summed E-state index contributed by atoms with van der Waals surface area (Å²) in [6.07, 6.45) is 5.00. The molecule has 3 aromatic rings. The van der Waals surface area contributed by atoms with Gasteiger partial charge in [-0.25, -0.2) is 4.79 Å². The molecule has 2 amide bonds. The van der Waals surface area contributed by atoms with E-state index in [2.05, 4.69) is 10.3 Å². The fourth-order valence-electron chi connectivity index (χ4n) is 3.97. The molecule has 0 radical (unpaired) electrons. The largest absolute Gasteiger partial charge is 0.462 e. The molecule has 0 unspecified atom stereocenters. The van der Waals surface area contributed by atoms with Crippen LogP contribution in [0.4, 0.5) is 5.00 Å². The van der Waals surface area contributed by atoms with Gasteiger partial charge in [-0.15, -0.1) is 23.1 Å². The quantitative estimate of drug-likeness (QED) is 0.367. The number of para-hydroxylation sites is 1. The first kappa shape index (κ1) is 24.7. The number of carbonyl (C=O) groups is 3. The molecule has 0 aliphatic heterocycles. The van der Waals surface area contributed by atoms with Crippen molar-refractivity contribution >= 4 is 67.4 Å². The van der Waals surface area contributed by atoms with Crippen LogP contribution < -0.4 is 10.1 Å². The highest BCUT2D eigenvalue weighted by Crippen LogP contribution is 2.38. The molecule has 34 heavy (non-hydrogen) atoms. The van der Waals surface area contributed by atoms with Crippen molar-refractivity contribution in [1.82, 2.24) is 4.57 Å². The van der Waals surface area contributed by atoms with Gasteiger partial charge in [0.25, 0.3) is 5.91 Å². The molecule has 0 fully saturated rings. The summed E-state index contributed by atoms with van der Waals surface area (Å²) in [6.45, 7) is 2.06. The molecule has 180 valence electrons. The van der Waals surface area contributed by atoms with Crippen molar-refractivity contribution < 1.29 is 19.1 Å². The Morgan fingerprint density at radius 3 is 2.71 bits per heavy atom. The highest BCUT2D eigenvalue weighted by molar-refractivity contribution is 8.00. The number of hydrogen-bond acceptors (Lipinski definition) is 7. The SMILES string of the molecule is CCOC(=O)c1c(NC(=O)CSCC(=O)N=c2sc3ccccc3n2C)sc2c1CCCCC2. The molecule has 10 heteroatoms. The first-order chi connectivity index (χ1) is 16.5. The minimum absolute atomic E-state index is 0.102. The van der Waals surface area contributed by atoms with E-state index in [1.165, 1.54) is 34.4 Å². The Kier molecular flexibility index (Phi) is 8.23. The number of anilines is 1. The zero-order valence-electron chi connectivity index (χ0n) is 19.2. The molecule has 1 N–H and O–H groups in total. The van der Waals surface area contributed by atoms with Gasteiger partial charge in [-0.2, -0.15) is 4.99 Å². The van der Waals surface area contributed by atoms with Crippen LogP contribution in [0.3, 0.4) is 0 Å². The number of fused-ring (bicyclic) bond motifs is 2.